The normalized spacial score (nSPS) is 20.3. The molecule has 1 aliphatic heterocycles. The van der Waals surface area contributed by atoms with Gasteiger partial charge in [0.2, 0.25) is 11.8 Å². The summed E-state index contributed by atoms with van der Waals surface area (Å²) in [7, 11) is 0. The lowest BCUT2D eigenvalue weighted by Crippen LogP contribution is -2.60. The Morgan fingerprint density at radius 1 is 1.11 bits per heavy atom. The van der Waals surface area contributed by atoms with Crippen LogP contribution in [0.4, 0.5) is 4.79 Å². The van der Waals surface area contributed by atoms with E-state index in [1.807, 2.05) is 41.5 Å². The van der Waals surface area contributed by atoms with Crippen LogP contribution in [0.3, 0.4) is 0 Å². The monoisotopic (exact) mass is 538 g/mol. The first-order chi connectivity index (χ1) is 17.4. The molecule has 38 heavy (non-hydrogen) atoms. The van der Waals surface area contributed by atoms with Crippen molar-refractivity contribution in [2.45, 2.75) is 111 Å². The maximum absolute atomic E-state index is 13.9. The van der Waals surface area contributed by atoms with E-state index in [1.54, 1.807) is 20.8 Å². The summed E-state index contributed by atoms with van der Waals surface area (Å²) in [6.45, 7) is 20.7. The van der Waals surface area contributed by atoms with Crippen molar-refractivity contribution in [3.05, 3.63) is 12.7 Å². The van der Waals surface area contributed by atoms with E-state index in [9.17, 15) is 24.3 Å². The van der Waals surface area contributed by atoms with Gasteiger partial charge in [-0.1, -0.05) is 54.0 Å². The molecule has 4 amide bonds. The zero-order chi connectivity index (χ0) is 29.4. The Labute approximate surface area is 228 Å². The second-order valence-corrected chi connectivity index (χ2v) is 12.5. The molecular weight excluding hydrogens is 488 g/mol. The van der Waals surface area contributed by atoms with Gasteiger partial charge in [0.1, 0.15) is 17.7 Å². The minimum Gasteiger partial charge on any atom is -0.444 e. The zero-order valence-corrected chi connectivity index (χ0v) is 24.7. The standard InChI is InChI=1S/C28H50N4O6/c1-11-13-19(21(33)24(35)29-15-12-2)30-23(34)20-18(17(3)4)14-16-32(20)25(36)22(27(5,6)7)31-26(37)38-28(8,9)10/h12,17-22,33H,2,11,13-16H2,1,3-10H3,(H,29,35)(H,30,34)(H,31,37)/t18-,19?,20+,21?,22-/m1/s1. The summed E-state index contributed by atoms with van der Waals surface area (Å²) < 4.78 is 5.39. The molecule has 10 nitrogen and oxygen atoms in total. The van der Waals surface area contributed by atoms with Crippen LogP contribution < -0.4 is 16.0 Å². The number of rotatable bonds is 11. The first-order valence-electron chi connectivity index (χ1n) is 13.6. The van der Waals surface area contributed by atoms with Crippen molar-refractivity contribution in [3.8, 4) is 0 Å². The Morgan fingerprint density at radius 3 is 2.18 bits per heavy atom. The van der Waals surface area contributed by atoms with Gasteiger partial charge in [-0.25, -0.2) is 4.79 Å². The number of hydrogen-bond donors (Lipinski definition) is 4. The molecule has 0 aromatic rings. The molecule has 1 heterocycles. The molecule has 0 saturated carbocycles. The Morgan fingerprint density at radius 2 is 1.71 bits per heavy atom. The fourth-order valence-electron chi connectivity index (χ4n) is 4.69. The molecule has 2 unspecified atom stereocenters. The number of carbonyl (C=O) groups is 4. The fraction of sp³-hybridized carbons (Fsp3) is 0.786. The number of hydrogen-bond acceptors (Lipinski definition) is 6. The number of nitrogens with zero attached hydrogens (tertiary/aromatic N) is 1. The molecule has 4 N–H and O–H groups in total. The molecule has 218 valence electrons. The molecule has 5 atom stereocenters. The average molecular weight is 539 g/mol. The third kappa shape index (κ3) is 9.60. The summed E-state index contributed by atoms with van der Waals surface area (Å²) in [6.07, 6.45) is 0.979. The van der Waals surface area contributed by atoms with E-state index >= 15 is 0 Å². The topological polar surface area (TPSA) is 137 Å². The largest absolute Gasteiger partial charge is 0.444 e. The van der Waals surface area contributed by atoms with Crippen LogP contribution in [0.5, 0.6) is 0 Å². The van der Waals surface area contributed by atoms with Gasteiger partial charge >= 0.3 is 6.09 Å². The predicted octanol–water partition coefficient (Wildman–Crippen LogP) is 2.75. The maximum atomic E-state index is 13.9. The van der Waals surface area contributed by atoms with Crippen LogP contribution in [0.15, 0.2) is 12.7 Å². The third-order valence-corrected chi connectivity index (χ3v) is 6.62. The minimum absolute atomic E-state index is 0.0980. The van der Waals surface area contributed by atoms with Gasteiger partial charge in [-0.05, 0) is 50.9 Å². The van der Waals surface area contributed by atoms with Crippen molar-refractivity contribution in [2.24, 2.45) is 17.3 Å². The third-order valence-electron chi connectivity index (χ3n) is 6.62. The molecule has 1 rings (SSSR count). The van der Waals surface area contributed by atoms with Crippen LogP contribution in [0.2, 0.25) is 0 Å². The molecule has 1 aliphatic rings. The van der Waals surface area contributed by atoms with Crippen molar-refractivity contribution >= 4 is 23.8 Å². The highest BCUT2D eigenvalue weighted by Crippen LogP contribution is 2.33. The minimum atomic E-state index is -1.45. The second kappa shape index (κ2) is 14.0. The summed E-state index contributed by atoms with van der Waals surface area (Å²) in [5.74, 6) is -1.43. The van der Waals surface area contributed by atoms with Gasteiger partial charge in [0.05, 0.1) is 6.04 Å². The SMILES string of the molecule is C=CCNC(=O)C(O)C(CCC)NC(=O)[C@@H]1[C@@H](C(C)C)CCN1C(=O)[C@@H](NC(=O)OC(C)(C)C)C(C)(C)C. The van der Waals surface area contributed by atoms with Crippen molar-refractivity contribution in [1.29, 1.82) is 0 Å². The van der Waals surface area contributed by atoms with Gasteiger partial charge in [0.15, 0.2) is 6.10 Å². The summed E-state index contributed by atoms with van der Waals surface area (Å²) >= 11 is 0. The van der Waals surface area contributed by atoms with Gasteiger partial charge in [-0.15, -0.1) is 6.58 Å². The Bertz CT molecular complexity index is 845. The quantitative estimate of drug-likeness (QED) is 0.299. The van der Waals surface area contributed by atoms with E-state index in [4.69, 9.17) is 4.74 Å². The van der Waals surface area contributed by atoms with Crippen molar-refractivity contribution in [2.75, 3.05) is 13.1 Å². The fourth-order valence-corrected chi connectivity index (χ4v) is 4.69. The van der Waals surface area contributed by atoms with E-state index in [2.05, 4.69) is 22.5 Å². The number of amides is 4. The molecule has 10 heteroatoms. The number of aliphatic hydroxyl groups excluding tert-OH is 1. The lowest BCUT2D eigenvalue weighted by atomic mass is 9.84. The van der Waals surface area contributed by atoms with Crippen LogP contribution >= 0.6 is 0 Å². The van der Waals surface area contributed by atoms with Crippen LogP contribution in [0.1, 0.15) is 81.6 Å². The molecule has 0 aliphatic carbocycles. The van der Waals surface area contributed by atoms with E-state index in [-0.39, 0.29) is 24.3 Å². The predicted molar refractivity (Wildman–Crippen MR) is 147 cm³/mol. The summed E-state index contributed by atoms with van der Waals surface area (Å²) in [6, 6.07) is -2.56. The Kier molecular flexibility index (Phi) is 12.3. The smallest absolute Gasteiger partial charge is 0.408 e. The average Bonchev–Trinajstić information content (AvgIpc) is 3.23. The summed E-state index contributed by atoms with van der Waals surface area (Å²) in [5.41, 5.74) is -1.39. The van der Waals surface area contributed by atoms with E-state index < -0.39 is 53.2 Å². The molecule has 0 spiro atoms. The van der Waals surface area contributed by atoms with Gasteiger partial charge < -0.3 is 30.7 Å². The number of aliphatic hydroxyl groups is 1. The number of alkyl carbamates (subject to hydrolysis) is 1. The summed E-state index contributed by atoms with van der Waals surface area (Å²) in [4.78, 5) is 54.1. The van der Waals surface area contributed by atoms with Crippen molar-refractivity contribution in [1.82, 2.24) is 20.9 Å². The molecule has 0 radical (unpaired) electrons. The van der Waals surface area contributed by atoms with Crippen LogP contribution in [-0.2, 0) is 19.1 Å². The van der Waals surface area contributed by atoms with Gasteiger partial charge in [-0.3, -0.25) is 14.4 Å². The highest BCUT2D eigenvalue weighted by molar-refractivity contribution is 5.93. The molecule has 0 aromatic carbocycles. The van der Waals surface area contributed by atoms with E-state index in [0.29, 0.717) is 25.8 Å². The van der Waals surface area contributed by atoms with E-state index in [0.717, 1.165) is 0 Å². The highest BCUT2D eigenvalue weighted by atomic mass is 16.6. The highest BCUT2D eigenvalue weighted by Gasteiger charge is 2.47. The second-order valence-electron chi connectivity index (χ2n) is 12.5. The van der Waals surface area contributed by atoms with Crippen molar-refractivity contribution in [3.63, 3.8) is 0 Å². The number of nitrogens with one attached hydrogen (secondary N) is 3. The van der Waals surface area contributed by atoms with Crippen LogP contribution in [0, 0.1) is 17.3 Å². The molecule has 0 bridgehead atoms. The maximum Gasteiger partial charge on any atom is 0.408 e. The first-order valence-corrected chi connectivity index (χ1v) is 13.6. The number of ether oxygens (including phenoxy) is 1. The van der Waals surface area contributed by atoms with Crippen molar-refractivity contribution < 1.29 is 29.0 Å². The first kappa shape index (κ1) is 33.4. The molecule has 1 fully saturated rings. The lowest BCUT2D eigenvalue weighted by Gasteiger charge is -2.37. The van der Waals surface area contributed by atoms with Crippen LogP contribution in [0.25, 0.3) is 0 Å². The zero-order valence-electron chi connectivity index (χ0n) is 24.7. The lowest BCUT2D eigenvalue weighted by molar-refractivity contribution is -0.144. The van der Waals surface area contributed by atoms with Gasteiger partial charge in [0.25, 0.3) is 5.91 Å². The number of likely N-dealkylation sites (tertiary alicyclic amines) is 1. The molecular formula is C28H50N4O6. The number of carbonyl (C=O) groups excluding carboxylic acids is 4. The van der Waals surface area contributed by atoms with Gasteiger partial charge in [0, 0.05) is 13.1 Å². The summed E-state index contributed by atoms with van der Waals surface area (Å²) in [5, 5.41) is 18.8. The Hall–Kier alpha value is -2.62. The molecule has 1 saturated heterocycles. The molecule has 0 aromatic heterocycles. The van der Waals surface area contributed by atoms with Gasteiger partial charge in [-0.2, -0.15) is 0 Å². The Balaban J connectivity index is 3.26. The van der Waals surface area contributed by atoms with Crippen LogP contribution in [-0.4, -0.2) is 76.7 Å². The van der Waals surface area contributed by atoms with E-state index in [1.165, 1.54) is 11.0 Å².